The average Bonchev–Trinajstić information content (AvgIpc) is 2.98. The number of hydrogen-bond acceptors (Lipinski definition) is 6. The molecule has 1 atom stereocenters. The van der Waals surface area contributed by atoms with Crippen molar-refractivity contribution in [2.24, 2.45) is 0 Å². The largest absolute Gasteiger partial charge is 0.407 e. The smallest absolute Gasteiger partial charge is 0.315 e. The summed E-state index contributed by atoms with van der Waals surface area (Å²) in [5.41, 5.74) is 1.33. The zero-order valence-electron chi connectivity index (χ0n) is 10.6. The van der Waals surface area contributed by atoms with Gasteiger partial charge in [0.1, 0.15) is 0 Å². The highest BCUT2D eigenvalue weighted by atomic mass is 32.1. The van der Waals surface area contributed by atoms with E-state index in [2.05, 4.69) is 44.6 Å². The number of nitrogens with one attached hydrogen (secondary N) is 2. The predicted molar refractivity (Wildman–Crippen MR) is 72.8 cm³/mol. The lowest BCUT2D eigenvalue weighted by Gasteiger charge is -2.10. The molecule has 0 saturated carbocycles. The third-order valence-electron chi connectivity index (χ3n) is 2.48. The number of aromatic nitrogens is 2. The first-order valence-electron chi connectivity index (χ1n) is 6.08. The standard InChI is InChI=1S/C12H18N4OS/c1-3-13-7-11-15-16-12(17-11)14-9(2)6-10-4-5-18-8-10/h4-5,8-9,13H,3,6-7H2,1-2H3,(H,14,16). The van der Waals surface area contributed by atoms with Crippen LogP contribution in [-0.2, 0) is 13.0 Å². The Morgan fingerprint density at radius 3 is 3.06 bits per heavy atom. The van der Waals surface area contributed by atoms with Gasteiger partial charge in [-0.2, -0.15) is 11.3 Å². The molecule has 0 saturated heterocycles. The molecule has 5 nitrogen and oxygen atoms in total. The van der Waals surface area contributed by atoms with E-state index in [1.807, 2.05) is 6.92 Å². The maximum atomic E-state index is 5.48. The van der Waals surface area contributed by atoms with Gasteiger partial charge in [0.05, 0.1) is 6.54 Å². The van der Waals surface area contributed by atoms with Gasteiger partial charge in [-0.25, -0.2) is 0 Å². The molecule has 1 unspecified atom stereocenters. The Labute approximate surface area is 111 Å². The first-order valence-corrected chi connectivity index (χ1v) is 7.03. The molecule has 98 valence electrons. The minimum Gasteiger partial charge on any atom is -0.407 e. The molecule has 0 aromatic carbocycles. The molecule has 0 bridgehead atoms. The molecular weight excluding hydrogens is 248 g/mol. The molecule has 0 spiro atoms. The molecule has 2 aromatic heterocycles. The van der Waals surface area contributed by atoms with Gasteiger partial charge in [-0.05, 0) is 42.3 Å². The van der Waals surface area contributed by atoms with Gasteiger partial charge in [0, 0.05) is 6.04 Å². The number of anilines is 1. The van der Waals surface area contributed by atoms with E-state index in [4.69, 9.17) is 4.42 Å². The first kappa shape index (κ1) is 13.0. The third-order valence-corrected chi connectivity index (χ3v) is 3.22. The fraction of sp³-hybridized carbons (Fsp3) is 0.500. The second-order valence-corrected chi connectivity index (χ2v) is 4.94. The lowest BCUT2D eigenvalue weighted by Crippen LogP contribution is -2.17. The molecule has 0 aliphatic heterocycles. The second kappa shape index (κ2) is 6.51. The summed E-state index contributed by atoms with van der Waals surface area (Å²) in [6.07, 6.45) is 0.953. The highest BCUT2D eigenvalue weighted by molar-refractivity contribution is 7.07. The van der Waals surface area contributed by atoms with Gasteiger partial charge in [-0.1, -0.05) is 12.0 Å². The highest BCUT2D eigenvalue weighted by Crippen LogP contribution is 2.12. The minimum atomic E-state index is 0.270. The van der Waals surface area contributed by atoms with Crippen LogP contribution in [0.1, 0.15) is 25.3 Å². The van der Waals surface area contributed by atoms with Gasteiger partial charge < -0.3 is 15.1 Å². The number of thiophene rings is 1. The van der Waals surface area contributed by atoms with E-state index >= 15 is 0 Å². The molecule has 6 heteroatoms. The molecule has 2 N–H and O–H groups in total. The van der Waals surface area contributed by atoms with Crippen LogP contribution in [0.5, 0.6) is 0 Å². The predicted octanol–water partition coefficient (Wildman–Crippen LogP) is 2.28. The number of nitrogens with zero attached hydrogens (tertiary/aromatic N) is 2. The summed E-state index contributed by atoms with van der Waals surface area (Å²) >= 11 is 1.71. The lowest BCUT2D eigenvalue weighted by molar-refractivity contribution is 0.477. The molecular formula is C12H18N4OS. The maximum Gasteiger partial charge on any atom is 0.315 e. The van der Waals surface area contributed by atoms with Crippen LogP contribution in [0.2, 0.25) is 0 Å². The normalized spacial score (nSPS) is 12.6. The molecule has 2 aromatic rings. The van der Waals surface area contributed by atoms with Crippen LogP contribution in [0.25, 0.3) is 0 Å². The van der Waals surface area contributed by atoms with Crippen molar-refractivity contribution in [1.82, 2.24) is 15.5 Å². The topological polar surface area (TPSA) is 63.0 Å². The fourth-order valence-electron chi connectivity index (χ4n) is 1.64. The van der Waals surface area contributed by atoms with Crippen molar-refractivity contribution < 1.29 is 4.42 Å². The Balaban J connectivity index is 1.83. The van der Waals surface area contributed by atoms with E-state index in [0.29, 0.717) is 18.5 Å². The van der Waals surface area contributed by atoms with Crippen molar-refractivity contribution in [1.29, 1.82) is 0 Å². The zero-order chi connectivity index (χ0) is 12.8. The van der Waals surface area contributed by atoms with Gasteiger partial charge in [0.2, 0.25) is 5.89 Å². The Kier molecular flexibility index (Phi) is 4.72. The van der Waals surface area contributed by atoms with Crippen molar-refractivity contribution >= 4 is 17.4 Å². The van der Waals surface area contributed by atoms with Crippen LogP contribution in [0, 0.1) is 0 Å². The Bertz CT molecular complexity index is 454. The number of rotatable bonds is 7. The first-order chi connectivity index (χ1) is 8.78. The van der Waals surface area contributed by atoms with Gasteiger partial charge in [0.15, 0.2) is 0 Å². The van der Waals surface area contributed by atoms with Crippen molar-refractivity contribution in [3.8, 4) is 0 Å². The summed E-state index contributed by atoms with van der Waals surface area (Å²) in [5.74, 6) is 0.613. The molecule has 18 heavy (non-hydrogen) atoms. The highest BCUT2D eigenvalue weighted by Gasteiger charge is 2.09. The van der Waals surface area contributed by atoms with Gasteiger partial charge >= 0.3 is 6.01 Å². The minimum absolute atomic E-state index is 0.270. The Morgan fingerprint density at radius 2 is 2.33 bits per heavy atom. The summed E-state index contributed by atoms with van der Waals surface area (Å²) in [5, 5.41) is 18.5. The molecule has 0 radical (unpaired) electrons. The van der Waals surface area contributed by atoms with Crippen LogP contribution in [0.3, 0.4) is 0 Å². The molecule has 2 rings (SSSR count). The van der Waals surface area contributed by atoms with Crippen LogP contribution in [0.15, 0.2) is 21.2 Å². The Morgan fingerprint density at radius 1 is 1.44 bits per heavy atom. The van der Waals surface area contributed by atoms with E-state index < -0.39 is 0 Å². The molecule has 0 amide bonds. The van der Waals surface area contributed by atoms with Crippen LogP contribution < -0.4 is 10.6 Å². The van der Waals surface area contributed by atoms with Gasteiger partial charge in [-0.15, -0.1) is 5.10 Å². The molecule has 0 aliphatic rings. The van der Waals surface area contributed by atoms with Crippen molar-refractivity contribution in [3.63, 3.8) is 0 Å². The van der Waals surface area contributed by atoms with E-state index in [0.717, 1.165) is 13.0 Å². The van der Waals surface area contributed by atoms with Crippen molar-refractivity contribution in [2.75, 3.05) is 11.9 Å². The summed E-state index contributed by atoms with van der Waals surface area (Å²) in [6.45, 7) is 5.65. The van der Waals surface area contributed by atoms with Crippen molar-refractivity contribution in [3.05, 3.63) is 28.3 Å². The number of hydrogen-bond donors (Lipinski definition) is 2. The maximum absolute atomic E-state index is 5.48. The van der Waals surface area contributed by atoms with E-state index in [1.54, 1.807) is 11.3 Å². The SMILES string of the molecule is CCNCc1nnc(NC(C)Cc2ccsc2)o1. The van der Waals surface area contributed by atoms with Crippen LogP contribution >= 0.6 is 11.3 Å². The average molecular weight is 266 g/mol. The van der Waals surface area contributed by atoms with Gasteiger partial charge in [0.25, 0.3) is 0 Å². The summed E-state index contributed by atoms with van der Waals surface area (Å²) < 4.78 is 5.48. The second-order valence-electron chi connectivity index (χ2n) is 4.16. The van der Waals surface area contributed by atoms with E-state index in [9.17, 15) is 0 Å². The summed E-state index contributed by atoms with van der Waals surface area (Å²) in [4.78, 5) is 0. The Hall–Kier alpha value is -1.40. The molecule has 2 heterocycles. The van der Waals surface area contributed by atoms with Crippen LogP contribution in [-0.4, -0.2) is 22.8 Å². The van der Waals surface area contributed by atoms with Crippen LogP contribution in [0.4, 0.5) is 6.01 Å². The fourth-order valence-corrected chi connectivity index (χ4v) is 2.32. The zero-order valence-corrected chi connectivity index (χ0v) is 11.5. The quantitative estimate of drug-likeness (QED) is 0.805. The van der Waals surface area contributed by atoms with Gasteiger partial charge in [-0.3, -0.25) is 0 Å². The molecule has 0 aliphatic carbocycles. The lowest BCUT2D eigenvalue weighted by atomic mass is 10.1. The summed E-state index contributed by atoms with van der Waals surface area (Å²) in [7, 11) is 0. The van der Waals surface area contributed by atoms with E-state index in [-0.39, 0.29) is 6.04 Å². The summed E-state index contributed by atoms with van der Waals surface area (Å²) in [6, 6.07) is 2.89. The molecule has 0 fully saturated rings. The van der Waals surface area contributed by atoms with Crippen molar-refractivity contribution in [2.45, 2.75) is 32.9 Å². The third kappa shape index (κ3) is 3.82. The van der Waals surface area contributed by atoms with E-state index in [1.165, 1.54) is 5.56 Å². The monoisotopic (exact) mass is 266 g/mol.